The van der Waals surface area contributed by atoms with Crippen molar-refractivity contribution < 1.29 is 4.74 Å². The summed E-state index contributed by atoms with van der Waals surface area (Å²) in [5, 5.41) is 9.40. The van der Waals surface area contributed by atoms with E-state index in [1.165, 1.54) is 10.9 Å². The number of ether oxygens (including phenoxy) is 1. The third kappa shape index (κ3) is 3.81. The van der Waals surface area contributed by atoms with Gasteiger partial charge in [-0.3, -0.25) is 4.68 Å². The highest BCUT2D eigenvalue weighted by Crippen LogP contribution is 2.18. The Morgan fingerprint density at radius 1 is 1.15 bits per heavy atom. The molecule has 110 valence electrons. The number of para-hydroxylation sites is 1. The third-order valence-electron chi connectivity index (χ3n) is 3.25. The molecule has 0 bridgehead atoms. The molecule has 0 saturated heterocycles. The van der Waals surface area contributed by atoms with Crippen molar-refractivity contribution >= 4 is 10.9 Å². The Morgan fingerprint density at radius 3 is 2.80 bits per heavy atom. The second-order valence-corrected chi connectivity index (χ2v) is 4.98. The number of nitrogens with one attached hydrogen (secondary N) is 1. The first-order valence-corrected chi connectivity index (χ1v) is 7.59. The van der Waals surface area contributed by atoms with Gasteiger partial charge in [-0.15, -0.1) is 0 Å². The molecule has 1 aromatic heterocycles. The van der Waals surface area contributed by atoms with Crippen LogP contribution in [0.5, 0.6) is 0 Å². The van der Waals surface area contributed by atoms with Gasteiger partial charge in [0.05, 0.1) is 24.4 Å². The van der Waals surface area contributed by atoms with Gasteiger partial charge < -0.3 is 10.1 Å². The van der Waals surface area contributed by atoms with Gasteiger partial charge in [-0.2, -0.15) is 5.10 Å². The Kier molecular flexibility index (Phi) is 6.02. The minimum Gasteiger partial charge on any atom is -0.380 e. The number of hydrogen-bond acceptors (Lipinski definition) is 3. The van der Waals surface area contributed by atoms with E-state index in [9.17, 15) is 0 Å². The SMILES string of the molecule is CCCNCc1nn(CCOCCC)c2ccccc12. The molecule has 1 N–H and O–H groups in total. The smallest absolute Gasteiger partial charge is 0.0841 e. The average Bonchev–Trinajstić information content (AvgIpc) is 2.83. The van der Waals surface area contributed by atoms with Crippen LogP contribution in [0.2, 0.25) is 0 Å². The number of aromatic nitrogens is 2. The van der Waals surface area contributed by atoms with Gasteiger partial charge in [-0.05, 0) is 25.5 Å². The van der Waals surface area contributed by atoms with Crippen LogP contribution in [0, 0.1) is 0 Å². The van der Waals surface area contributed by atoms with E-state index < -0.39 is 0 Å². The molecule has 2 rings (SSSR count). The predicted molar refractivity (Wildman–Crippen MR) is 82.8 cm³/mol. The molecule has 0 unspecified atom stereocenters. The van der Waals surface area contributed by atoms with Crippen LogP contribution in [0.1, 0.15) is 32.4 Å². The highest BCUT2D eigenvalue weighted by molar-refractivity contribution is 5.81. The van der Waals surface area contributed by atoms with Crippen molar-refractivity contribution in [2.75, 3.05) is 19.8 Å². The Morgan fingerprint density at radius 2 is 2.00 bits per heavy atom. The molecule has 0 amide bonds. The van der Waals surface area contributed by atoms with Crippen LogP contribution in [0.25, 0.3) is 10.9 Å². The Hall–Kier alpha value is -1.39. The summed E-state index contributed by atoms with van der Waals surface area (Å²) in [5.74, 6) is 0. The number of fused-ring (bicyclic) bond motifs is 1. The zero-order chi connectivity index (χ0) is 14.2. The van der Waals surface area contributed by atoms with Gasteiger partial charge in [0.25, 0.3) is 0 Å². The molecule has 2 aromatic rings. The van der Waals surface area contributed by atoms with E-state index in [4.69, 9.17) is 9.84 Å². The first kappa shape index (κ1) is 15.0. The van der Waals surface area contributed by atoms with Crippen molar-refractivity contribution in [1.29, 1.82) is 0 Å². The highest BCUT2D eigenvalue weighted by Gasteiger charge is 2.09. The quantitative estimate of drug-likeness (QED) is 0.715. The predicted octanol–water partition coefficient (Wildman–Crippen LogP) is 2.96. The molecule has 0 aliphatic carbocycles. The number of benzene rings is 1. The lowest BCUT2D eigenvalue weighted by molar-refractivity contribution is 0.125. The van der Waals surface area contributed by atoms with Gasteiger partial charge in [0, 0.05) is 18.5 Å². The van der Waals surface area contributed by atoms with E-state index >= 15 is 0 Å². The lowest BCUT2D eigenvalue weighted by Crippen LogP contribution is -2.15. The third-order valence-corrected chi connectivity index (χ3v) is 3.25. The van der Waals surface area contributed by atoms with Crippen LogP contribution in [0.15, 0.2) is 24.3 Å². The van der Waals surface area contributed by atoms with Crippen molar-refractivity contribution in [1.82, 2.24) is 15.1 Å². The normalized spacial score (nSPS) is 11.3. The molecule has 0 aliphatic heterocycles. The molecule has 0 aliphatic rings. The van der Waals surface area contributed by atoms with Crippen molar-refractivity contribution in [3.05, 3.63) is 30.0 Å². The summed E-state index contributed by atoms with van der Waals surface area (Å²) in [6.45, 7) is 8.52. The monoisotopic (exact) mass is 275 g/mol. The summed E-state index contributed by atoms with van der Waals surface area (Å²) in [7, 11) is 0. The molecule has 0 spiro atoms. The van der Waals surface area contributed by atoms with Gasteiger partial charge >= 0.3 is 0 Å². The molecule has 0 fully saturated rings. The van der Waals surface area contributed by atoms with E-state index in [0.717, 1.165) is 51.4 Å². The lowest BCUT2D eigenvalue weighted by atomic mass is 10.2. The summed E-state index contributed by atoms with van der Waals surface area (Å²) >= 11 is 0. The first-order chi connectivity index (χ1) is 9.86. The molecule has 1 aromatic carbocycles. The molecule has 4 nitrogen and oxygen atoms in total. The van der Waals surface area contributed by atoms with Gasteiger partial charge in [0.1, 0.15) is 0 Å². The van der Waals surface area contributed by atoms with Crippen LogP contribution in [0.3, 0.4) is 0 Å². The number of nitrogens with zero attached hydrogens (tertiary/aromatic N) is 2. The number of rotatable bonds is 9. The van der Waals surface area contributed by atoms with E-state index in [0.29, 0.717) is 0 Å². The standard InChI is InChI=1S/C16H25N3O/c1-3-9-17-13-15-14-7-5-6-8-16(14)19(18-15)10-12-20-11-4-2/h5-8,17H,3-4,9-13H2,1-2H3. The topological polar surface area (TPSA) is 39.1 Å². The van der Waals surface area contributed by atoms with E-state index in [2.05, 4.69) is 48.1 Å². The van der Waals surface area contributed by atoms with Crippen LogP contribution in [-0.4, -0.2) is 29.5 Å². The van der Waals surface area contributed by atoms with E-state index in [-0.39, 0.29) is 0 Å². The van der Waals surface area contributed by atoms with Gasteiger partial charge in [-0.1, -0.05) is 32.0 Å². The van der Waals surface area contributed by atoms with Crippen molar-refractivity contribution in [3.8, 4) is 0 Å². The number of hydrogen-bond donors (Lipinski definition) is 1. The molecule has 0 saturated carbocycles. The van der Waals surface area contributed by atoms with Gasteiger partial charge in [0.2, 0.25) is 0 Å². The van der Waals surface area contributed by atoms with Crippen molar-refractivity contribution in [3.63, 3.8) is 0 Å². The zero-order valence-corrected chi connectivity index (χ0v) is 12.6. The van der Waals surface area contributed by atoms with Crippen molar-refractivity contribution in [2.45, 2.75) is 39.8 Å². The molecule has 0 radical (unpaired) electrons. The van der Waals surface area contributed by atoms with E-state index in [1.807, 2.05) is 0 Å². The van der Waals surface area contributed by atoms with Gasteiger partial charge in [-0.25, -0.2) is 0 Å². The maximum Gasteiger partial charge on any atom is 0.0841 e. The maximum absolute atomic E-state index is 5.57. The molecule has 0 atom stereocenters. The fraction of sp³-hybridized carbons (Fsp3) is 0.562. The summed E-state index contributed by atoms with van der Waals surface area (Å²) in [6, 6.07) is 8.42. The Balaban J connectivity index is 2.09. The fourth-order valence-electron chi connectivity index (χ4n) is 2.28. The minimum absolute atomic E-state index is 0.724. The van der Waals surface area contributed by atoms with Crippen molar-refractivity contribution in [2.24, 2.45) is 0 Å². The van der Waals surface area contributed by atoms with Gasteiger partial charge in [0.15, 0.2) is 0 Å². The largest absolute Gasteiger partial charge is 0.380 e. The fourth-order valence-corrected chi connectivity index (χ4v) is 2.28. The second kappa shape index (κ2) is 8.02. The molecule has 1 heterocycles. The van der Waals surface area contributed by atoms with Crippen LogP contribution in [-0.2, 0) is 17.8 Å². The molecular weight excluding hydrogens is 250 g/mol. The Bertz CT molecular complexity index is 521. The maximum atomic E-state index is 5.57. The van der Waals surface area contributed by atoms with Crippen LogP contribution in [0.4, 0.5) is 0 Å². The highest BCUT2D eigenvalue weighted by atomic mass is 16.5. The summed E-state index contributed by atoms with van der Waals surface area (Å²) in [4.78, 5) is 0. The van der Waals surface area contributed by atoms with Crippen LogP contribution < -0.4 is 5.32 Å². The van der Waals surface area contributed by atoms with Crippen LogP contribution >= 0.6 is 0 Å². The molecule has 20 heavy (non-hydrogen) atoms. The summed E-state index contributed by atoms with van der Waals surface area (Å²) in [5.41, 5.74) is 2.32. The average molecular weight is 275 g/mol. The van der Waals surface area contributed by atoms with E-state index in [1.54, 1.807) is 0 Å². The summed E-state index contributed by atoms with van der Waals surface area (Å²) < 4.78 is 7.63. The lowest BCUT2D eigenvalue weighted by Gasteiger charge is -2.04. The first-order valence-electron chi connectivity index (χ1n) is 7.59. The molecule has 4 heteroatoms. The Labute approximate surface area is 121 Å². The second-order valence-electron chi connectivity index (χ2n) is 4.98. The summed E-state index contributed by atoms with van der Waals surface area (Å²) in [6.07, 6.45) is 2.20. The minimum atomic E-state index is 0.724. The zero-order valence-electron chi connectivity index (χ0n) is 12.6. The molecular formula is C16H25N3O.